The number of imidazole rings is 1. The maximum absolute atomic E-state index is 13.4. The molecule has 3 aromatic rings. The highest BCUT2D eigenvalue weighted by Gasteiger charge is 2.32. The van der Waals surface area contributed by atoms with Crippen molar-refractivity contribution >= 4 is 45.9 Å². The molecule has 1 amide bonds. The molecule has 0 bridgehead atoms. The van der Waals surface area contributed by atoms with Gasteiger partial charge in [-0.25, -0.2) is 18.0 Å². The minimum absolute atomic E-state index is 0.114. The van der Waals surface area contributed by atoms with E-state index in [4.69, 9.17) is 14.3 Å². The number of benzene rings is 2. The summed E-state index contributed by atoms with van der Waals surface area (Å²) < 4.78 is 37.2. The van der Waals surface area contributed by atoms with Gasteiger partial charge < -0.3 is 34.7 Å². The molecule has 44 heavy (non-hydrogen) atoms. The Bertz CT molecular complexity index is 1520. The van der Waals surface area contributed by atoms with Gasteiger partial charge in [0.1, 0.15) is 6.10 Å². The molecule has 15 nitrogen and oxygen atoms in total. The smallest absolute Gasteiger partial charge is 0.427 e. The van der Waals surface area contributed by atoms with Crippen LogP contribution in [0.3, 0.4) is 0 Å². The maximum atomic E-state index is 13.4. The number of aromatic amines is 2. The zero-order chi connectivity index (χ0) is 32.3. The number of ether oxygens (including phenoxy) is 2. The Morgan fingerprint density at radius 1 is 1.16 bits per heavy atom. The van der Waals surface area contributed by atoms with E-state index in [1.165, 1.54) is 25.1 Å². The zero-order valence-corrected chi connectivity index (χ0v) is 26.1. The van der Waals surface area contributed by atoms with E-state index >= 15 is 0 Å². The lowest BCUT2D eigenvalue weighted by Crippen LogP contribution is -2.50. The summed E-state index contributed by atoms with van der Waals surface area (Å²) in [5.74, 6) is -0.351. The number of aliphatic hydroxyl groups is 1. The summed E-state index contributed by atoms with van der Waals surface area (Å²) in [5.41, 5.74) is 1.20. The predicted molar refractivity (Wildman–Crippen MR) is 162 cm³/mol. The number of hydroxylamine groups is 1. The molecule has 0 spiro atoms. The van der Waals surface area contributed by atoms with Gasteiger partial charge in [-0.1, -0.05) is 52.5 Å². The van der Waals surface area contributed by atoms with Crippen LogP contribution in [0.4, 0.5) is 4.79 Å². The lowest BCUT2D eigenvalue weighted by molar-refractivity contribution is -0.138. The molecule has 1 aromatic heterocycles. The number of H-pyrrole nitrogens is 2. The van der Waals surface area contributed by atoms with Gasteiger partial charge in [0.25, 0.3) is 10.0 Å². The van der Waals surface area contributed by atoms with Crippen molar-refractivity contribution in [3.05, 3.63) is 64.6 Å². The van der Waals surface area contributed by atoms with Crippen molar-refractivity contribution in [1.29, 1.82) is 0 Å². The van der Waals surface area contributed by atoms with Gasteiger partial charge in [0, 0.05) is 13.3 Å². The number of sulfonamides is 1. The van der Waals surface area contributed by atoms with Crippen molar-refractivity contribution in [3.63, 3.8) is 0 Å². The molecule has 5 N–H and O–H groups in total. The van der Waals surface area contributed by atoms with Crippen LogP contribution >= 0.6 is 12.8 Å². The molecule has 1 aliphatic heterocycles. The second-order valence-electron chi connectivity index (χ2n) is 10.0. The van der Waals surface area contributed by atoms with Crippen molar-refractivity contribution in [2.24, 2.45) is 0 Å². The van der Waals surface area contributed by atoms with Crippen LogP contribution in [0.2, 0.25) is 0 Å². The fourth-order valence-corrected chi connectivity index (χ4v) is 5.67. The first-order chi connectivity index (χ1) is 20.9. The summed E-state index contributed by atoms with van der Waals surface area (Å²) in [5, 5.41) is 13.6. The number of nitrogens with zero attached hydrogens (tertiary/aromatic N) is 1. The quantitative estimate of drug-likeness (QED) is 0.0940. The van der Waals surface area contributed by atoms with Gasteiger partial charge in [-0.3, -0.25) is 9.63 Å². The minimum atomic E-state index is -4.21. The van der Waals surface area contributed by atoms with E-state index < -0.39 is 46.7 Å². The van der Waals surface area contributed by atoms with Crippen molar-refractivity contribution in [2.45, 2.75) is 62.9 Å². The Labute approximate surface area is 259 Å². The number of nitrogens with one attached hydrogen (secondary N) is 4. The van der Waals surface area contributed by atoms with E-state index in [9.17, 15) is 27.9 Å². The molecule has 3 atom stereocenters. The van der Waals surface area contributed by atoms with E-state index in [2.05, 4.69) is 32.9 Å². The maximum Gasteiger partial charge on any atom is 0.528 e. The average Bonchev–Trinajstić information content (AvgIpc) is 3.60. The van der Waals surface area contributed by atoms with E-state index in [0.717, 1.165) is 16.5 Å². The summed E-state index contributed by atoms with van der Waals surface area (Å²) in [6, 6.07) is 12.6. The third-order valence-electron chi connectivity index (χ3n) is 6.15. The van der Waals surface area contributed by atoms with Gasteiger partial charge >= 0.3 is 11.8 Å². The van der Waals surface area contributed by atoms with Gasteiger partial charge in [-0.05, 0) is 44.0 Å². The second-order valence-corrected chi connectivity index (χ2v) is 12.1. The Hall–Kier alpha value is -3.45. The molecule has 1 saturated heterocycles. The van der Waals surface area contributed by atoms with Crippen LogP contribution in [0.25, 0.3) is 11.0 Å². The van der Waals surface area contributed by atoms with Crippen molar-refractivity contribution < 1.29 is 42.3 Å². The molecule has 17 heteroatoms. The van der Waals surface area contributed by atoms with Crippen molar-refractivity contribution in [3.8, 4) is 0 Å². The highest BCUT2D eigenvalue weighted by molar-refractivity contribution is 7.89. The lowest BCUT2D eigenvalue weighted by Gasteiger charge is -2.30. The van der Waals surface area contributed by atoms with Crippen LogP contribution in [0.15, 0.2) is 58.2 Å². The first-order valence-corrected chi connectivity index (χ1v) is 15.5. The number of hydrogen-bond donors (Lipinski definition) is 6. The van der Waals surface area contributed by atoms with Crippen LogP contribution in [-0.4, -0.2) is 84.1 Å². The average molecular weight is 656 g/mol. The van der Waals surface area contributed by atoms with Gasteiger partial charge in [-0.2, -0.15) is 0 Å². The minimum Gasteiger partial charge on any atom is -0.427 e. The number of rotatable bonds is 12. The third kappa shape index (κ3) is 10.6. The van der Waals surface area contributed by atoms with Gasteiger partial charge in [0.05, 0.1) is 53.9 Å². The van der Waals surface area contributed by atoms with E-state index in [1.54, 1.807) is 13.8 Å². The van der Waals surface area contributed by atoms with Gasteiger partial charge in [0.15, 0.2) is 0 Å². The molecule has 242 valence electrons. The number of thiol groups is 1. The lowest BCUT2D eigenvalue weighted by atomic mass is 10.0. The summed E-state index contributed by atoms with van der Waals surface area (Å²) in [7, 11) is -4.21. The molecule has 2 heterocycles. The number of fused-ring (bicyclic) bond motifs is 1. The number of carbonyl (C=O) groups excluding carboxylic acids is 2. The molecule has 0 aliphatic carbocycles. The molecular formula is C27H37N5O10S2. The summed E-state index contributed by atoms with van der Waals surface area (Å²) in [6.45, 7) is 5.32. The van der Waals surface area contributed by atoms with Crippen LogP contribution < -0.4 is 15.9 Å². The zero-order valence-electron chi connectivity index (χ0n) is 24.4. The Morgan fingerprint density at radius 2 is 1.86 bits per heavy atom. The van der Waals surface area contributed by atoms with E-state index in [0.29, 0.717) is 30.7 Å². The van der Waals surface area contributed by atoms with Gasteiger partial charge in [-0.15, -0.1) is 0 Å². The van der Waals surface area contributed by atoms with Crippen LogP contribution in [0.1, 0.15) is 32.8 Å². The highest BCUT2D eigenvalue weighted by Crippen LogP contribution is 2.22. The standard InChI is InChI=1S/C22H28N4O6S.C5H9NO4S/c1-14(2)32-26(33(30,31)17-9-10-18-19(12-17)25-22(29)24-18)13-21(28)20(23-15(3)27)11-16-7-5-4-6-8-16;7-5(10-6-11)9-4-1-2-8-3-4/h4-10,12,14,20-21,28H,11,13H2,1-3H3,(H,23,27)(H2,24,25,29);4,6,11H,1-3H2/t20-,21+;4-/m00/s1. The number of aromatic nitrogens is 2. The SMILES string of the molecule is CC(=O)N[C@@H](Cc1ccccc1)[C@H](O)CN(OC(C)C)S(=O)(=O)c1ccc2[nH]c(=O)[nH]c2c1.O=C(ONS)O[C@H]1CCOC1. The fourth-order valence-electron chi connectivity index (χ4n) is 4.22. The van der Waals surface area contributed by atoms with Gasteiger partial charge in [0.2, 0.25) is 5.91 Å². The number of hydrogen-bond acceptors (Lipinski definition) is 12. The summed E-state index contributed by atoms with van der Waals surface area (Å²) >= 11 is 3.45. The first-order valence-electron chi connectivity index (χ1n) is 13.6. The predicted octanol–water partition coefficient (Wildman–Crippen LogP) is 1.57. The van der Waals surface area contributed by atoms with Crippen molar-refractivity contribution in [2.75, 3.05) is 19.8 Å². The number of aliphatic hydroxyl groups excluding tert-OH is 1. The normalized spacial score (nSPS) is 16.3. The third-order valence-corrected chi connectivity index (χ3v) is 7.86. The van der Waals surface area contributed by atoms with E-state index in [1.807, 2.05) is 35.2 Å². The van der Waals surface area contributed by atoms with Crippen LogP contribution in [-0.2, 0) is 40.4 Å². The largest absolute Gasteiger partial charge is 0.528 e. The van der Waals surface area contributed by atoms with E-state index in [-0.39, 0.29) is 16.9 Å². The molecule has 1 aliphatic rings. The Kier molecular flexibility index (Phi) is 13.2. The van der Waals surface area contributed by atoms with Crippen LogP contribution in [0.5, 0.6) is 0 Å². The molecule has 2 aromatic carbocycles. The molecule has 0 radical (unpaired) electrons. The Balaban J connectivity index is 0.000000404. The number of amides is 1. The van der Waals surface area contributed by atoms with Crippen molar-refractivity contribution in [1.82, 2.24) is 24.6 Å². The Morgan fingerprint density at radius 3 is 2.48 bits per heavy atom. The second kappa shape index (κ2) is 16.6. The van der Waals surface area contributed by atoms with Crippen LogP contribution in [0, 0.1) is 0 Å². The topological polar surface area (TPSA) is 201 Å². The monoisotopic (exact) mass is 655 g/mol. The molecule has 1 fully saturated rings. The molecule has 0 saturated carbocycles. The summed E-state index contributed by atoms with van der Waals surface area (Å²) in [6.07, 6.45) is -1.70. The molecule has 4 rings (SSSR count). The molecule has 0 unspecified atom stereocenters. The molecular weight excluding hydrogens is 618 g/mol. The highest BCUT2D eigenvalue weighted by atomic mass is 32.2. The number of carbonyl (C=O) groups is 2. The first kappa shape index (κ1) is 35.0. The summed E-state index contributed by atoms with van der Waals surface area (Å²) in [4.78, 5) is 50.5. The fraction of sp³-hybridized carbons (Fsp3) is 0.444.